The predicted molar refractivity (Wildman–Crippen MR) is 54.0 cm³/mol. The molecule has 1 fully saturated rings. The van der Waals surface area contributed by atoms with E-state index in [0.29, 0.717) is 0 Å². The largest absolute Gasteiger partial charge is 0.543 e. The maximum absolute atomic E-state index is 10.7. The average molecular weight is 258 g/mol. The van der Waals surface area contributed by atoms with E-state index in [9.17, 15) is 20.1 Å². The number of hydrogen-bond donors (Lipinski definition) is 4. The van der Waals surface area contributed by atoms with Gasteiger partial charge in [0.05, 0.1) is 18.9 Å². The molecule has 0 radical (unpaired) electrons. The minimum atomic E-state index is -1.56. The highest BCUT2D eigenvalue weighted by molar-refractivity contribution is 5.88. The first-order valence-corrected chi connectivity index (χ1v) is 5.13. The molecule has 1 aromatic rings. The smallest absolute Gasteiger partial charge is 0.165 e. The summed E-state index contributed by atoms with van der Waals surface area (Å²) in [4.78, 5) is 14.2. The second kappa shape index (κ2) is 4.53. The highest BCUT2D eigenvalue weighted by Crippen LogP contribution is 2.31. The van der Waals surface area contributed by atoms with Gasteiger partial charge in [-0.2, -0.15) is 0 Å². The van der Waals surface area contributed by atoms with Gasteiger partial charge in [0.25, 0.3) is 0 Å². The summed E-state index contributed by atoms with van der Waals surface area (Å²) in [7, 11) is 0. The van der Waals surface area contributed by atoms with E-state index < -0.39 is 42.8 Å². The van der Waals surface area contributed by atoms with Gasteiger partial charge < -0.3 is 35.7 Å². The van der Waals surface area contributed by atoms with E-state index in [-0.39, 0.29) is 5.82 Å². The molecule has 100 valence electrons. The van der Waals surface area contributed by atoms with Gasteiger partial charge in [-0.1, -0.05) is 0 Å². The molecule has 0 amide bonds. The Morgan fingerprint density at radius 3 is 2.67 bits per heavy atom. The van der Waals surface area contributed by atoms with Crippen molar-refractivity contribution in [1.29, 1.82) is 0 Å². The Morgan fingerprint density at radius 2 is 2.22 bits per heavy atom. The summed E-state index contributed by atoms with van der Waals surface area (Å²) in [6, 6.07) is 0. The first-order chi connectivity index (χ1) is 8.47. The molecule has 1 aromatic heterocycles. The third-order valence-electron chi connectivity index (χ3n) is 2.82. The lowest BCUT2D eigenvalue weighted by Crippen LogP contribution is -2.33. The van der Waals surface area contributed by atoms with Gasteiger partial charge in [-0.15, -0.1) is 0 Å². The molecule has 0 unspecified atom stereocenters. The van der Waals surface area contributed by atoms with Gasteiger partial charge in [-0.05, 0) is 0 Å². The molecule has 0 bridgehead atoms. The molecule has 5 N–H and O–H groups in total. The first-order valence-electron chi connectivity index (χ1n) is 5.13. The van der Waals surface area contributed by atoms with Gasteiger partial charge in [-0.25, -0.2) is 4.98 Å². The third-order valence-corrected chi connectivity index (χ3v) is 2.82. The fourth-order valence-electron chi connectivity index (χ4n) is 1.84. The van der Waals surface area contributed by atoms with Crippen molar-refractivity contribution in [3.63, 3.8) is 0 Å². The topological polar surface area (TPSA) is 154 Å². The molecular formula is C9H12N3O6-. The van der Waals surface area contributed by atoms with E-state index in [2.05, 4.69) is 4.98 Å². The molecule has 4 atom stereocenters. The maximum atomic E-state index is 10.7. The Hall–Kier alpha value is -1.68. The minimum absolute atomic E-state index is 0.259. The molecule has 1 saturated heterocycles. The van der Waals surface area contributed by atoms with Gasteiger partial charge >= 0.3 is 0 Å². The number of hydrogen-bond acceptors (Lipinski definition) is 8. The summed E-state index contributed by atoms with van der Waals surface area (Å²) in [6.45, 7) is -0.489. The lowest BCUT2D eigenvalue weighted by atomic mass is 10.1. The van der Waals surface area contributed by atoms with E-state index in [0.717, 1.165) is 10.9 Å². The van der Waals surface area contributed by atoms with Crippen molar-refractivity contribution in [1.82, 2.24) is 9.55 Å². The summed E-state index contributed by atoms with van der Waals surface area (Å²) < 4.78 is 6.24. The van der Waals surface area contributed by atoms with Gasteiger partial charge in [0.2, 0.25) is 0 Å². The number of nitrogens with zero attached hydrogens (tertiary/aromatic N) is 2. The number of aliphatic hydroxyl groups is 3. The monoisotopic (exact) mass is 258 g/mol. The number of carbonyl (C=O) groups excluding carboxylic acids is 1. The number of carboxylic acid groups (broad SMARTS) is 1. The Kier molecular flexibility index (Phi) is 3.22. The first kappa shape index (κ1) is 12.8. The zero-order valence-electron chi connectivity index (χ0n) is 9.13. The van der Waals surface area contributed by atoms with Crippen LogP contribution in [0.15, 0.2) is 6.33 Å². The lowest BCUT2D eigenvalue weighted by molar-refractivity contribution is -0.255. The van der Waals surface area contributed by atoms with Crippen LogP contribution in [0.25, 0.3) is 0 Å². The maximum Gasteiger partial charge on any atom is 0.165 e. The highest BCUT2D eigenvalue weighted by Gasteiger charge is 2.44. The minimum Gasteiger partial charge on any atom is -0.543 e. The zero-order valence-corrected chi connectivity index (χ0v) is 9.13. The quantitative estimate of drug-likeness (QED) is 0.434. The van der Waals surface area contributed by atoms with Crippen LogP contribution in [0.1, 0.15) is 16.7 Å². The van der Waals surface area contributed by atoms with Gasteiger partial charge in [0.1, 0.15) is 29.8 Å². The van der Waals surface area contributed by atoms with Crippen molar-refractivity contribution in [2.45, 2.75) is 24.5 Å². The standard InChI is InChI=1S/C9H13N3O6/c10-7-4(9(16)17)11-2-12(7)8-6(15)5(14)3(1-13)18-8/h2-3,5-6,8,13-15H,1,10H2,(H,16,17)/p-1/t3-,5-,6-,8-/m1/s1. The summed E-state index contributed by atoms with van der Waals surface area (Å²) in [6.07, 6.45) is -3.68. The van der Waals surface area contributed by atoms with Crippen molar-refractivity contribution in [2.24, 2.45) is 0 Å². The van der Waals surface area contributed by atoms with Gasteiger partial charge in [0, 0.05) is 0 Å². The fraction of sp³-hybridized carbons (Fsp3) is 0.556. The molecule has 1 aliphatic heterocycles. The van der Waals surface area contributed by atoms with Crippen LogP contribution in [-0.4, -0.2) is 55.8 Å². The van der Waals surface area contributed by atoms with Crippen LogP contribution in [0.3, 0.4) is 0 Å². The summed E-state index contributed by atoms with van der Waals surface area (Å²) in [5.41, 5.74) is 5.04. The number of aromatic nitrogens is 2. The van der Waals surface area contributed by atoms with E-state index >= 15 is 0 Å². The number of rotatable bonds is 3. The molecule has 2 rings (SSSR count). The lowest BCUT2D eigenvalue weighted by Gasteiger charge is -2.17. The Morgan fingerprint density at radius 1 is 1.56 bits per heavy atom. The number of imidazole rings is 1. The molecule has 9 nitrogen and oxygen atoms in total. The van der Waals surface area contributed by atoms with Crippen LogP contribution in [0.4, 0.5) is 5.82 Å². The number of carbonyl (C=O) groups is 1. The Labute approximate surface area is 101 Å². The van der Waals surface area contributed by atoms with E-state index in [1.54, 1.807) is 0 Å². The second-order valence-electron chi connectivity index (χ2n) is 3.90. The van der Waals surface area contributed by atoms with Crippen molar-refractivity contribution < 1.29 is 30.0 Å². The van der Waals surface area contributed by atoms with Crippen LogP contribution in [0.5, 0.6) is 0 Å². The molecule has 0 aliphatic carbocycles. The normalized spacial score (nSPS) is 31.7. The number of ether oxygens (including phenoxy) is 1. The predicted octanol–water partition coefficient (Wildman–Crippen LogP) is -3.56. The molecule has 0 spiro atoms. The number of aromatic carboxylic acids is 1. The van der Waals surface area contributed by atoms with Crippen molar-refractivity contribution in [3.05, 3.63) is 12.0 Å². The van der Waals surface area contributed by atoms with Crippen molar-refractivity contribution in [3.8, 4) is 0 Å². The van der Waals surface area contributed by atoms with E-state index in [1.807, 2.05) is 0 Å². The van der Waals surface area contributed by atoms with E-state index in [1.165, 1.54) is 0 Å². The van der Waals surface area contributed by atoms with Crippen LogP contribution < -0.4 is 10.8 Å². The zero-order chi connectivity index (χ0) is 13.4. The molecule has 9 heteroatoms. The third kappa shape index (κ3) is 1.82. The molecule has 0 aromatic carbocycles. The number of nitrogens with two attached hydrogens (primary N) is 1. The SMILES string of the molecule is Nc1c(C(=O)[O-])ncn1[C@@H]1O[C@H](CO)[C@@H](O)[C@H]1O. The summed E-state index contributed by atoms with van der Waals surface area (Å²) >= 11 is 0. The molecule has 0 saturated carbocycles. The van der Waals surface area contributed by atoms with Crippen LogP contribution >= 0.6 is 0 Å². The van der Waals surface area contributed by atoms with Crippen molar-refractivity contribution >= 4 is 11.8 Å². The molecule has 1 aliphatic rings. The molecular weight excluding hydrogens is 246 g/mol. The average Bonchev–Trinajstić information content (AvgIpc) is 2.82. The summed E-state index contributed by atoms with van der Waals surface area (Å²) in [5.74, 6) is -1.82. The van der Waals surface area contributed by atoms with Crippen LogP contribution in [0.2, 0.25) is 0 Å². The number of nitrogen functional groups attached to an aromatic ring is 1. The highest BCUT2D eigenvalue weighted by atomic mass is 16.6. The number of carboxylic acids is 1. The second-order valence-corrected chi connectivity index (χ2v) is 3.90. The number of anilines is 1. The molecule has 2 heterocycles. The Bertz CT molecular complexity index is 461. The van der Waals surface area contributed by atoms with E-state index in [4.69, 9.17) is 15.6 Å². The van der Waals surface area contributed by atoms with Crippen molar-refractivity contribution in [2.75, 3.05) is 12.3 Å². The van der Waals surface area contributed by atoms with Crippen LogP contribution in [-0.2, 0) is 4.74 Å². The number of aliphatic hydroxyl groups excluding tert-OH is 3. The molecule has 18 heavy (non-hydrogen) atoms. The van der Waals surface area contributed by atoms with Crippen LogP contribution in [0, 0.1) is 0 Å². The fourth-order valence-corrected chi connectivity index (χ4v) is 1.84. The van der Waals surface area contributed by atoms with Gasteiger partial charge in [0.15, 0.2) is 6.23 Å². The summed E-state index contributed by atoms with van der Waals surface area (Å²) in [5, 5.41) is 38.9. The Balaban J connectivity index is 2.30. The van der Waals surface area contributed by atoms with Gasteiger partial charge in [-0.3, -0.25) is 4.57 Å².